The summed E-state index contributed by atoms with van der Waals surface area (Å²) in [6.45, 7) is 2.32. The zero-order valence-electron chi connectivity index (χ0n) is 9.56. The number of likely N-dealkylation sites (tertiary alicyclic amines) is 1. The van der Waals surface area contributed by atoms with Crippen molar-refractivity contribution >= 4 is 17.6 Å². The van der Waals surface area contributed by atoms with E-state index in [-0.39, 0.29) is 5.92 Å². The van der Waals surface area contributed by atoms with Gasteiger partial charge in [0.05, 0.1) is 0 Å². The average Bonchev–Trinajstić information content (AvgIpc) is 2.32. The quantitative estimate of drug-likeness (QED) is 0.815. The van der Waals surface area contributed by atoms with Crippen molar-refractivity contribution in [2.45, 2.75) is 19.4 Å². The number of hydrogen-bond acceptors (Lipinski definition) is 3. The number of carboxylic acids is 1. The van der Waals surface area contributed by atoms with Gasteiger partial charge in [-0.15, -0.1) is 0 Å². The molecule has 0 aromatic heterocycles. The predicted octanol–water partition coefficient (Wildman–Crippen LogP) is 1.30. The lowest BCUT2D eigenvalue weighted by Gasteiger charge is -2.33. The van der Waals surface area contributed by atoms with Gasteiger partial charge in [-0.3, -0.25) is 4.90 Å². The lowest BCUT2D eigenvalue weighted by atomic mass is 9.98. The summed E-state index contributed by atoms with van der Waals surface area (Å²) in [4.78, 5) is 13.0. The first-order chi connectivity index (χ1) is 8.15. The second-order valence-electron chi connectivity index (χ2n) is 4.52. The Bertz CT molecular complexity index is 391. The van der Waals surface area contributed by atoms with Crippen molar-refractivity contribution in [3.05, 3.63) is 34.9 Å². The number of rotatable bonds is 3. The largest absolute Gasteiger partial charge is 0.550 e. The molecule has 92 valence electrons. The smallest absolute Gasteiger partial charge is 0.0458 e. The number of carbonyl (C=O) groups is 1. The summed E-state index contributed by atoms with van der Waals surface area (Å²) < 4.78 is 0. The van der Waals surface area contributed by atoms with Gasteiger partial charge in [0, 0.05) is 30.0 Å². The number of piperidine rings is 1. The monoisotopic (exact) mass is 252 g/mol. The average molecular weight is 253 g/mol. The van der Waals surface area contributed by atoms with Gasteiger partial charge in [-0.1, -0.05) is 23.7 Å². The second kappa shape index (κ2) is 5.52. The molecule has 3 nitrogen and oxygen atoms in total. The Balaban J connectivity index is 1.94. The molecule has 0 bridgehead atoms. The standard InChI is InChI=1S/C13H16ClNO2/c14-12-5-3-10(4-6-12)8-15-7-1-2-11(9-15)13(16)17/h3-6,11H,1-2,7-9H2,(H,16,17)/p-1. The number of benzene rings is 1. The molecule has 1 aromatic carbocycles. The van der Waals surface area contributed by atoms with Crippen LogP contribution < -0.4 is 5.11 Å². The number of carboxylic acid groups (broad SMARTS) is 1. The number of hydrogen-bond donors (Lipinski definition) is 0. The van der Waals surface area contributed by atoms with E-state index in [1.165, 1.54) is 0 Å². The molecule has 1 aliphatic rings. The maximum atomic E-state index is 10.8. The molecule has 17 heavy (non-hydrogen) atoms. The molecule has 0 spiro atoms. The number of nitrogens with zero attached hydrogens (tertiary/aromatic N) is 1. The molecule has 1 aliphatic heterocycles. The highest BCUT2D eigenvalue weighted by Gasteiger charge is 2.20. The molecule has 1 saturated heterocycles. The van der Waals surface area contributed by atoms with Crippen LogP contribution in [0.1, 0.15) is 18.4 Å². The molecule has 0 saturated carbocycles. The molecule has 1 unspecified atom stereocenters. The highest BCUT2D eigenvalue weighted by Crippen LogP contribution is 2.18. The van der Waals surface area contributed by atoms with Gasteiger partial charge in [0.15, 0.2) is 0 Å². The molecular formula is C13H15ClNO2-. The minimum absolute atomic E-state index is 0.323. The van der Waals surface area contributed by atoms with Gasteiger partial charge in [-0.25, -0.2) is 0 Å². The van der Waals surface area contributed by atoms with Crippen LogP contribution in [0.4, 0.5) is 0 Å². The van der Waals surface area contributed by atoms with Crippen LogP contribution in [0.15, 0.2) is 24.3 Å². The van der Waals surface area contributed by atoms with Gasteiger partial charge in [-0.05, 0) is 37.1 Å². The Morgan fingerprint density at radius 1 is 1.41 bits per heavy atom. The molecule has 1 heterocycles. The Labute approximate surface area is 106 Å². The summed E-state index contributed by atoms with van der Waals surface area (Å²) in [7, 11) is 0. The van der Waals surface area contributed by atoms with Crippen LogP contribution in [0.3, 0.4) is 0 Å². The number of carbonyl (C=O) groups excluding carboxylic acids is 1. The van der Waals surface area contributed by atoms with Crippen LogP contribution in [0, 0.1) is 5.92 Å². The Morgan fingerprint density at radius 3 is 2.76 bits per heavy atom. The van der Waals surface area contributed by atoms with E-state index in [0.29, 0.717) is 6.54 Å². The number of halogens is 1. The Morgan fingerprint density at radius 2 is 2.12 bits per heavy atom. The molecule has 1 fully saturated rings. The van der Waals surface area contributed by atoms with E-state index in [4.69, 9.17) is 11.6 Å². The summed E-state index contributed by atoms with van der Waals surface area (Å²) in [6, 6.07) is 7.67. The predicted molar refractivity (Wildman–Crippen MR) is 64.5 cm³/mol. The molecule has 1 aromatic rings. The van der Waals surface area contributed by atoms with E-state index in [9.17, 15) is 9.90 Å². The van der Waals surface area contributed by atoms with Gasteiger partial charge in [0.2, 0.25) is 0 Å². The van der Waals surface area contributed by atoms with E-state index in [2.05, 4.69) is 4.90 Å². The van der Waals surface area contributed by atoms with Crippen molar-refractivity contribution < 1.29 is 9.90 Å². The van der Waals surface area contributed by atoms with Crippen molar-refractivity contribution in [3.63, 3.8) is 0 Å². The molecule has 0 aliphatic carbocycles. The van der Waals surface area contributed by atoms with Crippen LogP contribution in [-0.4, -0.2) is 24.0 Å². The number of aliphatic carboxylic acids is 1. The third-order valence-corrected chi connectivity index (χ3v) is 3.41. The summed E-state index contributed by atoms with van der Waals surface area (Å²) in [5.41, 5.74) is 1.16. The zero-order valence-corrected chi connectivity index (χ0v) is 10.3. The van der Waals surface area contributed by atoms with Crippen molar-refractivity contribution in [1.82, 2.24) is 4.90 Å². The SMILES string of the molecule is O=C([O-])C1CCCN(Cc2ccc(Cl)cc2)C1. The van der Waals surface area contributed by atoms with Crippen LogP contribution >= 0.6 is 11.6 Å². The first-order valence-electron chi connectivity index (χ1n) is 5.83. The maximum absolute atomic E-state index is 10.8. The Kier molecular flexibility index (Phi) is 4.02. The third-order valence-electron chi connectivity index (χ3n) is 3.16. The van der Waals surface area contributed by atoms with Gasteiger partial charge in [0.25, 0.3) is 0 Å². The van der Waals surface area contributed by atoms with Crippen LogP contribution in [-0.2, 0) is 11.3 Å². The van der Waals surface area contributed by atoms with Crippen LogP contribution in [0.25, 0.3) is 0 Å². The minimum Gasteiger partial charge on any atom is -0.550 e. The molecule has 0 radical (unpaired) electrons. The summed E-state index contributed by atoms with van der Waals surface area (Å²) in [5.74, 6) is -1.25. The zero-order chi connectivity index (χ0) is 12.3. The topological polar surface area (TPSA) is 43.4 Å². The highest BCUT2D eigenvalue weighted by atomic mass is 35.5. The highest BCUT2D eigenvalue weighted by molar-refractivity contribution is 6.30. The maximum Gasteiger partial charge on any atom is 0.0458 e. The summed E-state index contributed by atoms with van der Waals surface area (Å²) in [6.07, 6.45) is 1.66. The molecular weight excluding hydrogens is 238 g/mol. The van der Waals surface area contributed by atoms with Gasteiger partial charge in [-0.2, -0.15) is 0 Å². The van der Waals surface area contributed by atoms with Gasteiger partial charge in [0.1, 0.15) is 0 Å². The Hall–Kier alpha value is -1.06. The normalized spacial score (nSPS) is 21.4. The lowest BCUT2D eigenvalue weighted by Crippen LogP contribution is -2.43. The second-order valence-corrected chi connectivity index (χ2v) is 4.96. The first-order valence-corrected chi connectivity index (χ1v) is 6.20. The van der Waals surface area contributed by atoms with Gasteiger partial charge >= 0.3 is 0 Å². The van der Waals surface area contributed by atoms with E-state index >= 15 is 0 Å². The van der Waals surface area contributed by atoms with E-state index < -0.39 is 5.97 Å². The third kappa shape index (κ3) is 3.45. The van der Waals surface area contributed by atoms with Gasteiger partial charge < -0.3 is 9.90 Å². The molecule has 4 heteroatoms. The van der Waals surface area contributed by atoms with Crippen molar-refractivity contribution in [2.24, 2.45) is 5.92 Å². The molecule has 2 rings (SSSR count). The summed E-state index contributed by atoms with van der Waals surface area (Å²) in [5, 5.41) is 11.6. The minimum atomic E-state index is -0.925. The van der Waals surface area contributed by atoms with Crippen LogP contribution in [0.2, 0.25) is 5.02 Å². The van der Waals surface area contributed by atoms with Crippen LogP contribution in [0.5, 0.6) is 0 Å². The fourth-order valence-electron chi connectivity index (χ4n) is 2.24. The molecule has 0 amide bonds. The van der Waals surface area contributed by atoms with E-state index in [0.717, 1.165) is 36.5 Å². The fourth-order valence-corrected chi connectivity index (χ4v) is 2.37. The summed E-state index contributed by atoms with van der Waals surface area (Å²) >= 11 is 5.82. The van der Waals surface area contributed by atoms with Crippen molar-refractivity contribution in [1.29, 1.82) is 0 Å². The first kappa shape index (κ1) is 12.4. The van der Waals surface area contributed by atoms with Crippen molar-refractivity contribution in [3.8, 4) is 0 Å². The van der Waals surface area contributed by atoms with Crippen molar-refractivity contribution in [2.75, 3.05) is 13.1 Å². The van der Waals surface area contributed by atoms with E-state index in [1.54, 1.807) is 0 Å². The lowest BCUT2D eigenvalue weighted by molar-refractivity contribution is -0.312. The molecule has 1 atom stereocenters. The molecule has 0 N–H and O–H groups in total. The fraction of sp³-hybridized carbons (Fsp3) is 0.462. The van der Waals surface area contributed by atoms with E-state index in [1.807, 2.05) is 24.3 Å².